The van der Waals surface area contributed by atoms with Crippen LogP contribution in [0.1, 0.15) is 17.7 Å². The van der Waals surface area contributed by atoms with Gasteiger partial charge in [-0.3, -0.25) is 4.90 Å². The highest BCUT2D eigenvalue weighted by molar-refractivity contribution is 9.10. The molecule has 1 unspecified atom stereocenters. The summed E-state index contributed by atoms with van der Waals surface area (Å²) >= 11 is 3.55. The van der Waals surface area contributed by atoms with Gasteiger partial charge >= 0.3 is 0 Å². The lowest BCUT2D eigenvalue weighted by molar-refractivity contribution is 0.319. The molecule has 1 saturated heterocycles. The fourth-order valence-corrected chi connectivity index (χ4v) is 3.83. The van der Waals surface area contributed by atoms with Crippen LogP contribution in [-0.4, -0.2) is 29.0 Å². The summed E-state index contributed by atoms with van der Waals surface area (Å²) in [5.74, 6) is 0.659. The van der Waals surface area contributed by atoms with Crippen LogP contribution in [0.4, 0.5) is 0 Å². The summed E-state index contributed by atoms with van der Waals surface area (Å²) in [6, 6.07) is 19.1. The first kappa shape index (κ1) is 17.5. The van der Waals surface area contributed by atoms with Crippen LogP contribution in [0.25, 0.3) is 11.5 Å². The predicted octanol–water partition coefficient (Wildman–Crippen LogP) is 4.47. The Morgan fingerprint density at radius 2 is 1.92 bits per heavy atom. The third kappa shape index (κ3) is 4.23. The number of hydrogen-bond acceptors (Lipinski definition) is 4. The fourth-order valence-electron chi connectivity index (χ4n) is 3.38. The van der Waals surface area contributed by atoms with E-state index in [0.717, 1.165) is 41.9 Å². The highest BCUT2D eigenvalue weighted by Crippen LogP contribution is 2.27. The zero-order valence-electron chi connectivity index (χ0n) is 14.6. The Morgan fingerprint density at radius 3 is 2.77 bits per heavy atom. The van der Waals surface area contributed by atoms with E-state index < -0.39 is 0 Å². The second kappa shape index (κ2) is 8.16. The third-order valence-electron chi connectivity index (χ3n) is 4.75. The molecule has 0 radical (unpaired) electrons. The minimum atomic E-state index is 0.502. The number of halogens is 1. The summed E-state index contributed by atoms with van der Waals surface area (Å²) in [5.41, 5.74) is 3.30. The molecule has 1 aliphatic rings. The molecule has 134 valence electrons. The van der Waals surface area contributed by atoms with E-state index >= 15 is 0 Å². The highest BCUT2D eigenvalue weighted by atomic mass is 79.9. The van der Waals surface area contributed by atoms with Gasteiger partial charge in [0.15, 0.2) is 0 Å². The van der Waals surface area contributed by atoms with Crippen molar-refractivity contribution in [3.05, 3.63) is 76.6 Å². The van der Waals surface area contributed by atoms with Crippen LogP contribution in [0.2, 0.25) is 0 Å². The molecule has 0 spiro atoms. The SMILES string of the molecule is Brc1ccccc1-c1nc(CNC2CCN(Cc3ccccc3)C2)co1. The van der Waals surface area contributed by atoms with Gasteiger partial charge in [0.25, 0.3) is 0 Å². The van der Waals surface area contributed by atoms with E-state index in [1.54, 1.807) is 6.26 Å². The number of nitrogens with one attached hydrogen (secondary N) is 1. The van der Waals surface area contributed by atoms with E-state index in [1.807, 2.05) is 24.3 Å². The van der Waals surface area contributed by atoms with Crippen LogP contribution in [0, 0.1) is 0 Å². The van der Waals surface area contributed by atoms with Crippen molar-refractivity contribution in [1.82, 2.24) is 15.2 Å². The Balaban J connectivity index is 1.29. The van der Waals surface area contributed by atoms with E-state index in [4.69, 9.17) is 4.42 Å². The van der Waals surface area contributed by atoms with E-state index in [1.165, 1.54) is 12.0 Å². The number of likely N-dealkylation sites (tertiary alicyclic amines) is 1. The minimum absolute atomic E-state index is 0.502. The number of benzene rings is 2. The summed E-state index contributed by atoms with van der Waals surface area (Å²) in [7, 11) is 0. The zero-order valence-corrected chi connectivity index (χ0v) is 16.2. The average molecular weight is 412 g/mol. The molecule has 1 atom stereocenters. The van der Waals surface area contributed by atoms with Gasteiger partial charge in [-0.05, 0) is 40.0 Å². The topological polar surface area (TPSA) is 41.3 Å². The smallest absolute Gasteiger partial charge is 0.227 e. The molecular formula is C21H22BrN3O. The first-order valence-corrected chi connectivity index (χ1v) is 9.76. The lowest BCUT2D eigenvalue weighted by Crippen LogP contribution is -2.32. The molecule has 2 aromatic carbocycles. The third-order valence-corrected chi connectivity index (χ3v) is 5.44. The van der Waals surface area contributed by atoms with Crippen molar-refractivity contribution in [2.24, 2.45) is 0 Å². The summed E-state index contributed by atoms with van der Waals surface area (Å²) in [6.07, 6.45) is 2.92. The van der Waals surface area contributed by atoms with Crippen molar-refractivity contribution in [1.29, 1.82) is 0 Å². The Hall–Kier alpha value is -1.95. The normalized spacial score (nSPS) is 17.7. The minimum Gasteiger partial charge on any atom is -0.444 e. The van der Waals surface area contributed by atoms with E-state index in [-0.39, 0.29) is 0 Å². The Kier molecular flexibility index (Phi) is 5.48. The number of nitrogens with zero attached hydrogens (tertiary/aromatic N) is 2. The molecule has 26 heavy (non-hydrogen) atoms. The largest absolute Gasteiger partial charge is 0.444 e. The number of oxazole rings is 1. The second-order valence-electron chi connectivity index (χ2n) is 6.71. The molecule has 1 aliphatic heterocycles. The Morgan fingerprint density at radius 1 is 1.12 bits per heavy atom. The Bertz CT molecular complexity index is 849. The van der Waals surface area contributed by atoms with Crippen LogP contribution in [0.15, 0.2) is 69.8 Å². The molecule has 4 rings (SSSR count). The van der Waals surface area contributed by atoms with Crippen LogP contribution in [0.5, 0.6) is 0 Å². The summed E-state index contributed by atoms with van der Waals surface area (Å²) < 4.78 is 6.65. The summed E-state index contributed by atoms with van der Waals surface area (Å²) in [5, 5.41) is 3.62. The van der Waals surface area contributed by atoms with Crippen LogP contribution >= 0.6 is 15.9 Å². The first-order chi connectivity index (χ1) is 12.8. The van der Waals surface area contributed by atoms with Gasteiger partial charge in [0.2, 0.25) is 5.89 Å². The number of hydrogen-bond donors (Lipinski definition) is 1. The van der Waals surface area contributed by atoms with Crippen LogP contribution in [-0.2, 0) is 13.1 Å². The van der Waals surface area contributed by atoms with Gasteiger partial charge in [-0.25, -0.2) is 4.98 Å². The van der Waals surface area contributed by atoms with Crippen molar-refractivity contribution in [2.75, 3.05) is 13.1 Å². The number of rotatable bonds is 6. The van der Waals surface area contributed by atoms with Gasteiger partial charge in [0.1, 0.15) is 6.26 Å². The second-order valence-corrected chi connectivity index (χ2v) is 7.57. The lowest BCUT2D eigenvalue weighted by atomic mass is 10.2. The maximum absolute atomic E-state index is 5.66. The van der Waals surface area contributed by atoms with E-state index in [2.05, 4.69) is 61.5 Å². The molecule has 2 heterocycles. The molecule has 0 amide bonds. The number of aromatic nitrogens is 1. The fraction of sp³-hybridized carbons (Fsp3) is 0.286. The van der Waals surface area contributed by atoms with Crippen molar-refractivity contribution in [3.8, 4) is 11.5 Å². The Labute approximate surface area is 162 Å². The first-order valence-electron chi connectivity index (χ1n) is 8.97. The van der Waals surface area contributed by atoms with Crippen molar-refractivity contribution in [2.45, 2.75) is 25.6 Å². The summed E-state index contributed by atoms with van der Waals surface area (Å²) in [4.78, 5) is 7.12. The van der Waals surface area contributed by atoms with Gasteiger partial charge in [-0.15, -0.1) is 0 Å². The van der Waals surface area contributed by atoms with Crippen LogP contribution in [0.3, 0.4) is 0 Å². The molecule has 4 nitrogen and oxygen atoms in total. The average Bonchev–Trinajstić information content (AvgIpc) is 3.31. The van der Waals surface area contributed by atoms with Crippen LogP contribution < -0.4 is 5.32 Å². The summed E-state index contributed by atoms with van der Waals surface area (Å²) in [6.45, 7) is 3.96. The maximum atomic E-state index is 5.66. The molecular weight excluding hydrogens is 390 g/mol. The quantitative estimate of drug-likeness (QED) is 0.649. The highest BCUT2D eigenvalue weighted by Gasteiger charge is 2.22. The van der Waals surface area contributed by atoms with E-state index in [0.29, 0.717) is 11.9 Å². The predicted molar refractivity (Wildman–Crippen MR) is 107 cm³/mol. The van der Waals surface area contributed by atoms with Crippen molar-refractivity contribution < 1.29 is 4.42 Å². The molecule has 1 fully saturated rings. The van der Waals surface area contributed by atoms with Gasteiger partial charge in [-0.1, -0.05) is 42.5 Å². The molecule has 0 bridgehead atoms. The molecule has 1 aromatic heterocycles. The standard InChI is InChI=1S/C21H22BrN3O/c22-20-9-5-4-8-19(20)21-24-18(15-26-21)12-23-17-10-11-25(14-17)13-16-6-2-1-3-7-16/h1-9,15,17,23H,10-14H2. The van der Waals surface area contributed by atoms with Gasteiger partial charge in [0.05, 0.1) is 11.3 Å². The molecule has 5 heteroatoms. The molecule has 0 saturated carbocycles. The van der Waals surface area contributed by atoms with Gasteiger partial charge in [-0.2, -0.15) is 0 Å². The molecule has 0 aliphatic carbocycles. The molecule has 3 aromatic rings. The van der Waals surface area contributed by atoms with Gasteiger partial charge in [0, 0.05) is 36.7 Å². The van der Waals surface area contributed by atoms with Crippen molar-refractivity contribution >= 4 is 15.9 Å². The van der Waals surface area contributed by atoms with Crippen molar-refractivity contribution in [3.63, 3.8) is 0 Å². The molecule has 1 N–H and O–H groups in total. The monoisotopic (exact) mass is 411 g/mol. The lowest BCUT2D eigenvalue weighted by Gasteiger charge is -2.16. The van der Waals surface area contributed by atoms with E-state index in [9.17, 15) is 0 Å². The van der Waals surface area contributed by atoms with Gasteiger partial charge < -0.3 is 9.73 Å². The maximum Gasteiger partial charge on any atom is 0.227 e. The zero-order chi connectivity index (χ0) is 17.8.